The van der Waals surface area contributed by atoms with Gasteiger partial charge in [-0.25, -0.2) is 4.98 Å². The van der Waals surface area contributed by atoms with Crippen molar-refractivity contribution < 1.29 is 9.21 Å². The Labute approximate surface area is 144 Å². The Kier molecular flexibility index (Phi) is 5.13. The maximum Gasteiger partial charge on any atom is 0.223 e. The van der Waals surface area contributed by atoms with Crippen molar-refractivity contribution in [2.24, 2.45) is 11.7 Å². The predicted molar refractivity (Wildman–Crippen MR) is 91.7 cm³/mol. The third-order valence-corrected chi connectivity index (χ3v) is 4.91. The first-order valence-corrected chi connectivity index (χ1v) is 8.64. The quantitative estimate of drug-likeness (QED) is 0.869. The van der Waals surface area contributed by atoms with Crippen LogP contribution < -0.4 is 5.73 Å². The number of aromatic nitrogens is 1. The molecule has 23 heavy (non-hydrogen) atoms. The minimum Gasteiger partial charge on any atom is -0.441 e. The first kappa shape index (κ1) is 16.2. The molecule has 5 nitrogen and oxygen atoms in total. The molecule has 1 amide bonds. The Hall–Kier alpha value is -1.66. The Morgan fingerprint density at radius 3 is 3.00 bits per heavy atom. The highest BCUT2D eigenvalue weighted by Crippen LogP contribution is 2.28. The van der Waals surface area contributed by atoms with Crippen LogP contribution in [0, 0.1) is 5.92 Å². The van der Waals surface area contributed by atoms with Crippen molar-refractivity contribution in [3.63, 3.8) is 0 Å². The highest BCUT2D eigenvalue weighted by molar-refractivity contribution is 9.10. The summed E-state index contributed by atoms with van der Waals surface area (Å²) in [5.74, 6) is 1.91. The summed E-state index contributed by atoms with van der Waals surface area (Å²) in [4.78, 5) is 18.4. The monoisotopic (exact) mass is 377 g/mol. The molecule has 122 valence electrons. The summed E-state index contributed by atoms with van der Waals surface area (Å²) in [6.07, 6.45) is 3.66. The van der Waals surface area contributed by atoms with Crippen LogP contribution in [0.5, 0.6) is 0 Å². The molecule has 1 aliphatic rings. The van der Waals surface area contributed by atoms with E-state index in [1.807, 2.05) is 29.2 Å². The SMILES string of the molecule is NC[C@@H]1CCN(C(=O)CCc2ncc(-c3ccccc3Br)o2)C1. The van der Waals surface area contributed by atoms with Gasteiger partial charge < -0.3 is 15.1 Å². The third kappa shape index (κ3) is 3.82. The number of hydrogen-bond acceptors (Lipinski definition) is 4. The van der Waals surface area contributed by atoms with Crippen LogP contribution in [0.4, 0.5) is 0 Å². The molecule has 3 rings (SSSR count). The molecule has 2 N–H and O–H groups in total. The van der Waals surface area contributed by atoms with Gasteiger partial charge in [0.05, 0.1) is 6.20 Å². The van der Waals surface area contributed by atoms with Gasteiger partial charge in [-0.15, -0.1) is 0 Å². The normalized spacial score (nSPS) is 17.7. The maximum atomic E-state index is 12.2. The van der Waals surface area contributed by atoms with E-state index in [1.165, 1.54) is 0 Å². The van der Waals surface area contributed by atoms with E-state index in [9.17, 15) is 4.79 Å². The number of nitrogens with two attached hydrogens (primary N) is 1. The van der Waals surface area contributed by atoms with Gasteiger partial charge in [0, 0.05) is 36.0 Å². The van der Waals surface area contributed by atoms with Crippen LogP contribution in [0.2, 0.25) is 0 Å². The van der Waals surface area contributed by atoms with E-state index in [0.29, 0.717) is 37.0 Å². The second kappa shape index (κ2) is 7.27. The van der Waals surface area contributed by atoms with Crippen LogP contribution in [0.15, 0.2) is 39.4 Å². The minimum absolute atomic E-state index is 0.154. The summed E-state index contributed by atoms with van der Waals surface area (Å²) in [5, 5.41) is 0. The summed E-state index contributed by atoms with van der Waals surface area (Å²) in [5.41, 5.74) is 6.63. The van der Waals surface area contributed by atoms with E-state index < -0.39 is 0 Å². The Balaban J connectivity index is 1.58. The van der Waals surface area contributed by atoms with Gasteiger partial charge in [0.15, 0.2) is 11.7 Å². The number of likely N-dealkylation sites (tertiary alicyclic amines) is 1. The van der Waals surface area contributed by atoms with Crippen molar-refractivity contribution in [3.8, 4) is 11.3 Å². The molecule has 1 aromatic carbocycles. The largest absolute Gasteiger partial charge is 0.441 e. The number of aryl methyl sites for hydroxylation is 1. The number of nitrogens with zero attached hydrogens (tertiary/aromatic N) is 2. The van der Waals surface area contributed by atoms with Crippen LogP contribution in [-0.2, 0) is 11.2 Å². The molecule has 1 fully saturated rings. The molecule has 0 saturated carbocycles. The van der Waals surface area contributed by atoms with Crippen LogP contribution in [0.1, 0.15) is 18.7 Å². The average Bonchev–Trinajstić information content (AvgIpc) is 3.22. The third-order valence-electron chi connectivity index (χ3n) is 4.22. The average molecular weight is 378 g/mol. The molecule has 1 atom stereocenters. The lowest BCUT2D eigenvalue weighted by atomic mass is 10.1. The van der Waals surface area contributed by atoms with E-state index in [2.05, 4.69) is 20.9 Å². The fraction of sp³-hybridized carbons (Fsp3) is 0.412. The van der Waals surface area contributed by atoms with Crippen molar-refractivity contribution in [2.45, 2.75) is 19.3 Å². The molecule has 1 aromatic heterocycles. The minimum atomic E-state index is 0.154. The van der Waals surface area contributed by atoms with Gasteiger partial charge >= 0.3 is 0 Å². The zero-order chi connectivity index (χ0) is 16.2. The highest BCUT2D eigenvalue weighted by atomic mass is 79.9. The number of hydrogen-bond donors (Lipinski definition) is 1. The fourth-order valence-electron chi connectivity index (χ4n) is 2.83. The van der Waals surface area contributed by atoms with Crippen LogP contribution in [0.3, 0.4) is 0 Å². The molecule has 6 heteroatoms. The van der Waals surface area contributed by atoms with Crippen LogP contribution in [-0.4, -0.2) is 35.4 Å². The van der Waals surface area contributed by atoms with Gasteiger partial charge in [0.2, 0.25) is 5.91 Å². The molecule has 2 aromatic rings. The summed E-state index contributed by atoms with van der Waals surface area (Å²) in [6.45, 7) is 2.25. The van der Waals surface area contributed by atoms with Crippen molar-refractivity contribution >= 4 is 21.8 Å². The second-order valence-corrected chi connectivity index (χ2v) is 6.68. The number of halogens is 1. The molecule has 0 spiro atoms. The summed E-state index contributed by atoms with van der Waals surface area (Å²) < 4.78 is 6.74. The zero-order valence-electron chi connectivity index (χ0n) is 12.9. The first-order chi connectivity index (χ1) is 11.2. The Bertz CT molecular complexity index is 686. The number of carbonyl (C=O) groups is 1. The van der Waals surface area contributed by atoms with E-state index in [-0.39, 0.29) is 5.91 Å². The number of rotatable bonds is 5. The van der Waals surface area contributed by atoms with Gasteiger partial charge in [-0.2, -0.15) is 0 Å². The predicted octanol–water partition coefficient (Wildman–Crippen LogP) is 2.84. The topological polar surface area (TPSA) is 72.4 Å². The van der Waals surface area contributed by atoms with E-state index >= 15 is 0 Å². The lowest BCUT2D eigenvalue weighted by Crippen LogP contribution is -2.30. The van der Waals surface area contributed by atoms with Crippen molar-refractivity contribution in [1.82, 2.24) is 9.88 Å². The number of carbonyl (C=O) groups excluding carboxylic acids is 1. The van der Waals surface area contributed by atoms with Crippen LogP contribution >= 0.6 is 15.9 Å². The van der Waals surface area contributed by atoms with E-state index in [1.54, 1.807) is 6.20 Å². The molecule has 1 aliphatic heterocycles. The number of benzene rings is 1. The molecule has 0 bridgehead atoms. The van der Waals surface area contributed by atoms with Gasteiger partial charge in [-0.1, -0.05) is 34.1 Å². The highest BCUT2D eigenvalue weighted by Gasteiger charge is 2.25. The molecule has 2 heterocycles. The maximum absolute atomic E-state index is 12.2. The zero-order valence-corrected chi connectivity index (χ0v) is 14.5. The van der Waals surface area contributed by atoms with Crippen molar-refractivity contribution in [1.29, 1.82) is 0 Å². The number of oxazole rings is 1. The van der Waals surface area contributed by atoms with Crippen molar-refractivity contribution in [2.75, 3.05) is 19.6 Å². The van der Waals surface area contributed by atoms with Crippen LogP contribution in [0.25, 0.3) is 11.3 Å². The van der Waals surface area contributed by atoms with Gasteiger partial charge in [-0.3, -0.25) is 4.79 Å². The standard InChI is InChI=1S/C17H20BrN3O2/c18-14-4-2-1-3-13(14)15-10-20-16(23-15)5-6-17(22)21-8-7-12(9-19)11-21/h1-4,10,12H,5-9,11,19H2/t12-/m0/s1. The second-order valence-electron chi connectivity index (χ2n) is 5.83. The Morgan fingerprint density at radius 1 is 1.43 bits per heavy atom. The molecular weight excluding hydrogens is 358 g/mol. The fourth-order valence-corrected chi connectivity index (χ4v) is 3.32. The lowest BCUT2D eigenvalue weighted by Gasteiger charge is -2.15. The lowest BCUT2D eigenvalue weighted by molar-refractivity contribution is -0.130. The van der Waals surface area contributed by atoms with Gasteiger partial charge in [0.1, 0.15) is 0 Å². The van der Waals surface area contributed by atoms with E-state index in [0.717, 1.165) is 29.5 Å². The van der Waals surface area contributed by atoms with Gasteiger partial charge in [-0.05, 0) is 24.9 Å². The Morgan fingerprint density at radius 2 is 2.26 bits per heavy atom. The summed E-state index contributed by atoms with van der Waals surface area (Å²) >= 11 is 3.50. The first-order valence-electron chi connectivity index (χ1n) is 7.85. The molecule has 0 radical (unpaired) electrons. The smallest absolute Gasteiger partial charge is 0.223 e. The molecule has 1 saturated heterocycles. The van der Waals surface area contributed by atoms with Gasteiger partial charge in [0.25, 0.3) is 0 Å². The molecule has 0 aliphatic carbocycles. The molecule has 0 unspecified atom stereocenters. The summed E-state index contributed by atoms with van der Waals surface area (Å²) in [6, 6.07) is 7.83. The molecular formula is C17H20BrN3O2. The van der Waals surface area contributed by atoms with Crippen molar-refractivity contribution in [3.05, 3.63) is 40.8 Å². The number of amides is 1. The van der Waals surface area contributed by atoms with E-state index in [4.69, 9.17) is 10.2 Å². The summed E-state index contributed by atoms with van der Waals surface area (Å²) in [7, 11) is 0.